The molecule has 0 spiro atoms. The molecule has 1 saturated heterocycles. The van der Waals surface area contributed by atoms with Crippen molar-refractivity contribution in [2.24, 2.45) is 0 Å². The van der Waals surface area contributed by atoms with Crippen molar-refractivity contribution in [1.29, 1.82) is 0 Å². The number of benzene rings is 1. The summed E-state index contributed by atoms with van der Waals surface area (Å²) >= 11 is 0. The molecule has 3 rings (SSSR count). The van der Waals surface area contributed by atoms with Crippen LogP contribution in [0.2, 0.25) is 0 Å². The summed E-state index contributed by atoms with van der Waals surface area (Å²) in [5, 5.41) is 3.60. The Morgan fingerprint density at radius 2 is 2.35 bits per heavy atom. The van der Waals surface area contributed by atoms with Crippen LogP contribution in [-0.4, -0.2) is 43.7 Å². The molecular formula is C17H26N2O. The summed E-state index contributed by atoms with van der Waals surface area (Å²) in [7, 11) is 0. The Bertz CT molecular complexity index is 441. The van der Waals surface area contributed by atoms with Gasteiger partial charge in [-0.1, -0.05) is 19.1 Å². The summed E-state index contributed by atoms with van der Waals surface area (Å²) in [5.74, 6) is 1.09. The maximum Gasteiger partial charge on any atom is 0.122 e. The minimum absolute atomic E-state index is 0.711. The maximum atomic E-state index is 5.57. The minimum Gasteiger partial charge on any atom is -0.493 e. The predicted octanol–water partition coefficient (Wildman–Crippen LogP) is 2.24. The molecule has 0 aromatic heterocycles. The third-order valence-electron chi connectivity index (χ3n) is 4.56. The predicted molar refractivity (Wildman–Crippen MR) is 82.5 cm³/mol. The van der Waals surface area contributed by atoms with Gasteiger partial charge in [-0.25, -0.2) is 0 Å². The molecule has 2 aliphatic heterocycles. The van der Waals surface area contributed by atoms with E-state index in [4.69, 9.17) is 4.74 Å². The molecule has 3 nitrogen and oxygen atoms in total. The first-order chi connectivity index (χ1) is 9.85. The van der Waals surface area contributed by atoms with Gasteiger partial charge in [0.05, 0.1) is 6.61 Å². The number of likely N-dealkylation sites (N-methyl/N-ethyl adjacent to an activating group) is 1. The van der Waals surface area contributed by atoms with Crippen LogP contribution in [0, 0.1) is 0 Å². The monoisotopic (exact) mass is 274 g/mol. The van der Waals surface area contributed by atoms with Crippen molar-refractivity contribution in [2.75, 3.05) is 32.8 Å². The highest BCUT2D eigenvalue weighted by Crippen LogP contribution is 2.26. The third kappa shape index (κ3) is 3.33. The van der Waals surface area contributed by atoms with Crippen LogP contribution in [0.3, 0.4) is 0 Å². The van der Waals surface area contributed by atoms with Gasteiger partial charge in [0.1, 0.15) is 5.75 Å². The quantitative estimate of drug-likeness (QED) is 0.861. The summed E-state index contributed by atoms with van der Waals surface area (Å²) in [6, 6.07) is 7.42. The summed E-state index contributed by atoms with van der Waals surface area (Å²) in [6.45, 7) is 7.83. The molecule has 2 aliphatic rings. The van der Waals surface area contributed by atoms with Gasteiger partial charge in [0.25, 0.3) is 0 Å². The Morgan fingerprint density at radius 3 is 3.15 bits per heavy atom. The number of nitrogens with zero attached hydrogens (tertiary/aromatic N) is 1. The molecule has 0 amide bonds. The van der Waals surface area contributed by atoms with Crippen molar-refractivity contribution in [3.8, 4) is 5.75 Å². The fourth-order valence-corrected chi connectivity index (χ4v) is 3.29. The van der Waals surface area contributed by atoms with Gasteiger partial charge in [0.2, 0.25) is 0 Å². The average Bonchev–Trinajstić information content (AvgIpc) is 3.13. The van der Waals surface area contributed by atoms with Gasteiger partial charge in [-0.15, -0.1) is 0 Å². The molecule has 1 N–H and O–H groups in total. The number of hydrogen-bond acceptors (Lipinski definition) is 3. The molecule has 2 heterocycles. The second-order valence-corrected chi connectivity index (χ2v) is 5.98. The third-order valence-corrected chi connectivity index (χ3v) is 4.56. The first-order valence-electron chi connectivity index (χ1n) is 8.05. The lowest BCUT2D eigenvalue weighted by Crippen LogP contribution is -2.38. The molecule has 1 aromatic rings. The van der Waals surface area contributed by atoms with Gasteiger partial charge in [0.15, 0.2) is 0 Å². The zero-order chi connectivity index (χ0) is 13.8. The zero-order valence-corrected chi connectivity index (χ0v) is 12.5. The molecule has 1 unspecified atom stereocenters. The number of ether oxygens (including phenoxy) is 1. The largest absolute Gasteiger partial charge is 0.493 e. The van der Waals surface area contributed by atoms with Crippen LogP contribution in [0.1, 0.15) is 30.9 Å². The standard InChI is InChI=1S/C17H26N2O/c1-2-19(13-16-4-3-9-18-16)10-7-14-5-6-17-15(12-14)8-11-20-17/h5-6,12,16,18H,2-4,7-11,13H2,1H3. The van der Waals surface area contributed by atoms with Gasteiger partial charge in [-0.3, -0.25) is 0 Å². The van der Waals surface area contributed by atoms with Crippen molar-refractivity contribution >= 4 is 0 Å². The van der Waals surface area contributed by atoms with Crippen molar-refractivity contribution in [3.05, 3.63) is 29.3 Å². The van der Waals surface area contributed by atoms with Gasteiger partial charge in [-0.05, 0) is 49.5 Å². The Labute approximate surface area is 122 Å². The van der Waals surface area contributed by atoms with E-state index < -0.39 is 0 Å². The Morgan fingerprint density at radius 1 is 1.40 bits per heavy atom. The number of rotatable bonds is 6. The molecule has 1 atom stereocenters. The van der Waals surface area contributed by atoms with E-state index in [1.54, 1.807) is 0 Å². The molecule has 1 fully saturated rings. The van der Waals surface area contributed by atoms with Crippen molar-refractivity contribution in [2.45, 2.75) is 38.6 Å². The van der Waals surface area contributed by atoms with Gasteiger partial charge < -0.3 is 15.0 Å². The van der Waals surface area contributed by atoms with Crippen molar-refractivity contribution in [3.63, 3.8) is 0 Å². The van der Waals surface area contributed by atoms with Crippen molar-refractivity contribution < 1.29 is 4.74 Å². The number of fused-ring (bicyclic) bond motifs is 1. The highest BCUT2D eigenvalue weighted by molar-refractivity contribution is 5.39. The van der Waals surface area contributed by atoms with E-state index in [9.17, 15) is 0 Å². The van der Waals surface area contributed by atoms with E-state index in [1.165, 1.54) is 37.1 Å². The van der Waals surface area contributed by atoms with Crippen LogP contribution >= 0.6 is 0 Å². The molecule has 20 heavy (non-hydrogen) atoms. The lowest BCUT2D eigenvalue weighted by molar-refractivity contribution is 0.264. The highest BCUT2D eigenvalue weighted by Gasteiger charge is 2.17. The van der Waals surface area contributed by atoms with Crippen molar-refractivity contribution in [1.82, 2.24) is 10.2 Å². The summed E-state index contributed by atoms with van der Waals surface area (Å²) in [4.78, 5) is 2.58. The van der Waals surface area contributed by atoms with Gasteiger partial charge >= 0.3 is 0 Å². The van der Waals surface area contributed by atoms with E-state index in [1.807, 2.05) is 0 Å². The van der Waals surface area contributed by atoms with Crippen LogP contribution in [0.4, 0.5) is 0 Å². The molecule has 0 bridgehead atoms. The summed E-state index contributed by atoms with van der Waals surface area (Å²) in [6.07, 6.45) is 4.90. The van der Waals surface area contributed by atoms with E-state index in [0.29, 0.717) is 6.04 Å². The number of nitrogens with one attached hydrogen (secondary N) is 1. The van der Waals surface area contributed by atoms with Gasteiger partial charge in [-0.2, -0.15) is 0 Å². The topological polar surface area (TPSA) is 24.5 Å². The molecular weight excluding hydrogens is 248 g/mol. The Balaban J connectivity index is 1.51. The lowest BCUT2D eigenvalue weighted by Gasteiger charge is -2.24. The summed E-state index contributed by atoms with van der Waals surface area (Å²) in [5.41, 5.74) is 2.84. The van der Waals surface area contributed by atoms with Crippen LogP contribution in [-0.2, 0) is 12.8 Å². The Kier molecular flexibility index (Phi) is 4.58. The zero-order valence-electron chi connectivity index (χ0n) is 12.5. The Hall–Kier alpha value is -1.06. The molecule has 0 aliphatic carbocycles. The number of hydrogen-bond donors (Lipinski definition) is 1. The summed E-state index contributed by atoms with van der Waals surface area (Å²) < 4.78 is 5.57. The van der Waals surface area contributed by atoms with E-state index in [-0.39, 0.29) is 0 Å². The lowest BCUT2D eigenvalue weighted by atomic mass is 10.1. The van der Waals surface area contributed by atoms with Crippen LogP contribution in [0.5, 0.6) is 5.75 Å². The molecule has 110 valence electrons. The van der Waals surface area contributed by atoms with Crippen LogP contribution in [0.15, 0.2) is 18.2 Å². The second kappa shape index (κ2) is 6.59. The fraction of sp³-hybridized carbons (Fsp3) is 0.647. The minimum atomic E-state index is 0.711. The smallest absolute Gasteiger partial charge is 0.122 e. The molecule has 0 radical (unpaired) electrons. The maximum absolute atomic E-state index is 5.57. The normalized spacial score (nSPS) is 21.2. The van der Waals surface area contributed by atoms with Gasteiger partial charge in [0, 0.05) is 25.6 Å². The first-order valence-corrected chi connectivity index (χ1v) is 8.05. The fourth-order valence-electron chi connectivity index (χ4n) is 3.29. The molecule has 3 heteroatoms. The average molecular weight is 274 g/mol. The highest BCUT2D eigenvalue weighted by atomic mass is 16.5. The second-order valence-electron chi connectivity index (χ2n) is 5.98. The first kappa shape index (κ1) is 13.9. The van der Waals surface area contributed by atoms with E-state index >= 15 is 0 Å². The van der Waals surface area contributed by atoms with E-state index in [0.717, 1.165) is 38.3 Å². The molecule has 0 saturated carbocycles. The van der Waals surface area contributed by atoms with E-state index in [2.05, 4.69) is 35.3 Å². The van der Waals surface area contributed by atoms with Crippen LogP contribution in [0.25, 0.3) is 0 Å². The SMILES string of the molecule is CCN(CCc1ccc2c(c1)CCO2)CC1CCCN1. The molecule has 1 aromatic carbocycles. The van der Waals surface area contributed by atoms with Crippen LogP contribution < -0.4 is 10.1 Å².